The number of urea groups is 1. The summed E-state index contributed by atoms with van der Waals surface area (Å²) in [6, 6.07) is 19.7. The number of aromatic nitrogens is 2. The molecule has 1 fully saturated rings. The van der Waals surface area contributed by atoms with Gasteiger partial charge >= 0.3 is 6.03 Å². The number of likely N-dealkylation sites (tertiary alicyclic amines) is 1. The molecule has 246 valence electrons. The lowest BCUT2D eigenvalue weighted by atomic mass is 10.0. The predicted octanol–water partition coefficient (Wildman–Crippen LogP) is 7.02. The van der Waals surface area contributed by atoms with Crippen LogP contribution in [0.3, 0.4) is 0 Å². The number of piperidine rings is 1. The summed E-state index contributed by atoms with van der Waals surface area (Å²) >= 11 is 0. The van der Waals surface area contributed by atoms with Crippen LogP contribution in [0.15, 0.2) is 85.2 Å². The third-order valence-electron chi connectivity index (χ3n) is 7.32. The average Bonchev–Trinajstić information content (AvgIpc) is 3.01. The Labute approximate surface area is 281 Å². The molecule has 2 N–H and O–H groups in total. The van der Waals surface area contributed by atoms with Gasteiger partial charge in [-0.15, -0.1) is 24.8 Å². The molecule has 3 heterocycles. The van der Waals surface area contributed by atoms with Gasteiger partial charge < -0.3 is 10.1 Å². The zero-order chi connectivity index (χ0) is 31.1. The topological polar surface area (TPSA) is 117 Å². The number of pyridine rings is 2. The fourth-order valence-electron chi connectivity index (χ4n) is 4.97. The normalized spacial score (nSPS) is 13.5. The van der Waals surface area contributed by atoms with Crippen LogP contribution in [0.5, 0.6) is 11.6 Å². The first-order chi connectivity index (χ1) is 21.2. The second-order valence-corrected chi connectivity index (χ2v) is 12.6. The van der Waals surface area contributed by atoms with Crippen molar-refractivity contribution in [2.75, 3.05) is 33.8 Å². The Kier molecular flexibility index (Phi) is 13.1. The van der Waals surface area contributed by atoms with Crippen LogP contribution in [0.1, 0.15) is 31.0 Å². The number of halogens is 3. The molecule has 2 aromatic heterocycles. The Hall–Kier alpha value is -3.97. The van der Waals surface area contributed by atoms with Gasteiger partial charge in [0.05, 0.1) is 17.6 Å². The highest BCUT2D eigenvalue weighted by molar-refractivity contribution is 7.92. The van der Waals surface area contributed by atoms with Crippen molar-refractivity contribution < 1.29 is 22.3 Å². The van der Waals surface area contributed by atoms with Gasteiger partial charge in [0.2, 0.25) is 15.9 Å². The molecule has 4 aromatic rings. The zero-order valence-corrected chi connectivity index (χ0v) is 27.9. The SMILES string of the molecule is CCS(=O)(=O)Nc1ccc(Oc2ccc(CN3CCC(N(C(=O)Nc4ccc(C)nc4)c4cccc(F)c4)CC3)cn2)cc1.Cl.Cl. The first-order valence-electron chi connectivity index (χ1n) is 14.4. The summed E-state index contributed by atoms with van der Waals surface area (Å²) in [5, 5.41) is 2.91. The van der Waals surface area contributed by atoms with Crippen LogP contribution in [-0.4, -0.2) is 54.2 Å². The van der Waals surface area contributed by atoms with Crippen molar-refractivity contribution >= 4 is 57.9 Å². The average molecular weight is 692 g/mol. The molecule has 0 radical (unpaired) electrons. The van der Waals surface area contributed by atoms with E-state index in [0.717, 1.165) is 37.2 Å². The molecule has 0 atom stereocenters. The maximum atomic E-state index is 14.2. The number of sulfonamides is 1. The van der Waals surface area contributed by atoms with Crippen molar-refractivity contribution in [2.24, 2.45) is 0 Å². The lowest BCUT2D eigenvalue weighted by Gasteiger charge is -2.38. The minimum absolute atomic E-state index is 0. The van der Waals surface area contributed by atoms with Crippen molar-refractivity contribution in [1.82, 2.24) is 14.9 Å². The van der Waals surface area contributed by atoms with Crippen LogP contribution >= 0.6 is 24.8 Å². The lowest BCUT2D eigenvalue weighted by Crippen LogP contribution is -2.49. The molecular weight excluding hydrogens is 654 g/mol. The Morgan fingerprint density at radius 2 is 1.70 bits per heavy atom. The van der Waals surface area contributed by atoms with E-state index in [2.05, 4.69) is 24.9 Å². The van der Waals surface area contributed by atoms with Crippen LogP contribution in [0.4, 0.5) is 26.2 Å². The van der Waals surface area contributed by atoms with Crippen LogP contribution in [0, 0.1) is 12.7 Å². The van der Waals surface area contributed by atoms with Gasteiger partial charge in [0.15, 0.2) is 0 Å². The molecule has 10 nitrogen and oxygen atoms in total. The van der Waals surface area contributed by atoms with Gasteiger partial charge in [-0.05, 0) is 86.8 Å². The second kappa shape index (κ2) is 16.5. The molecule has 1 aliphatic heterocycles. The molecule has 0 saturated carbocycles. The lowest BCUT2D eigenvalue weighted by molar-refractivity contribution is 0.199. The van der Waals surface area contributed by atoms with Gasteiger partial charge in [0, 0.05) is 55.0 Å². The number of benzene rings is 2. The minimum Gasteiger partial charge on any atom is -0.439 e. The van der Waals surface area contributed by atoms with E-state index < -0.39 is 15.8 Å². The molecule has 0 spiro atoms. The number of nitrogens with one attached hydrogen (secondary N) is 2. The zero-order valence-electron chi connectivity index (χ0n) is 25.4. The molecule has 2 amide bonds. The van der Waals surface area contributed by atoms with Gasteiger partial charge in [0.1, 0.15) is 11.6 Å². The van der Waals surface area contributed by atoms with Gasteiger partial charge in [0.25, 0.3) is 0 Å². The summed E-state index contributed by atoms with van der Waals surface area (Å²) in [5.74, 6) is 0.565. The molecule has 0 unspecified atom stereocenters. The molecule has 46 heavy (non-hydrogen) atoms. The quantitative estimate of drug-likeness (QED) is 0.184. The summed E-state index contributed by atoms with van der Waals surface area (Å²) in [5.41, 5.74) is 3.43. The molecule has 14 heteroatoms. The van der Waals surface area contributed by atoms with Crippen molar-refractivity contribution in [3.63, 3.8) is 0 Å². The summed E-state index contributed by atoms with van der Waals surface area (Å²) < 4.78 is 46.0. The van der Waals surface area contributed by atoms with Gasteiger partial charge in [-0.1, -0.05) is 12.1 Å². The Morgan fingerprint density at radius 1 is 0.978 bits per heavy atom. The first-order valence-corrected chi connectivity index (χ1v) is 16.1. The molecule has 1 aliphatic rings. The van der Waals surface area contributed by atoms with Crippen LogP contribution in [0.2, 0.25) is 0 Å². The molecule has 0 aliphatic carbocycles. The van der Waals surface area contributed by atoms with E-state index in [1.807, 2.05) is 19.1 Å². The fraction of sp³-hybridized carbons (Fsp3) is 0.281. The van der Waals surface area contributed by atoms with Crippen molar-refractivity contribution in [1.29, 1.82) is 0 Å². The third-order valence-corrected chi connectivity index (χ3v) is 8.63. The van der Waals surface area contributed by atoms with E-state index in [-0.39, 0.29) is 42.6 Å². The van der Waals surface area contributed by atoms with Gasteiger partial charge in [-0.25, -0.2) is 22.6 Å². The van der Waals surface area contributed by atoms with Crippen LogP contribution in [0.25, 0.3) is 0 Å². The first kappa shape index (κ1) is 36.5. The fourth-order valence-corrected chi connectivity index (χ4v) is 5.61. The van der Waals surface area contributed by atoms with Crippen molar-refractivity contribution in [3.8, 4) is 11.6 Å². The monoisotopic (exact) mass is 690 g/mol. The van der Waals surface area contributed by atoms with E-state index in [9.17, 15) is 17.6 Å². The summed E-state index contributed by atoms with van der Waals surface area (Å²) in [4.78, 5) is 26.1. The van der Waals surface area contributed by atoms with E-state index in [1.165, 1.54) is 12.1 Å². The summed E-state index contributed by atoms with van der Waals surface area (Å²) in [6.07, 6.45) is 4.82. The van der Waals surface area contributed by atoms with Crippen molar-refractivity contribution in [3.05, 3.63) is 102 Å². The molecule has 2 aromatic carbocycles. The number of carbonyl (C=O) groups excluding carboxylic acids is 1. The highest BCUT2D eigenvalue weighted by atomic mass is 35.5. The number of ether oxygens (including phenoxy) is 1. The third kappa shape index (κ3) is 10.0. The van der Waals surface area contributed by atoms with Crippen LogP contribution in [-0.2, 0) is 16.6 Å². The highest BCUT2D eigenvalue weighted by Gasteiger charge is 2.30. The maximum absolute atomic E-state index is 14.2. The Balaban J connectivity index is 0.00000288. The predicted molar refractivity (Wildman–Crippen MR) is 184 cm³/mol. The van der Waals surface area contributed by atoms with Crippen molar-refractivity contribution in [2.45, 2.75) is 39.3 Å². The molecule has 1 saturated heterocycles. The van der Waals surface area contributed by atoms with E-state index in [0.29, 0.717) is 35.2 Å². The minimum atomic E-state index is -3.34. The number of nitrogens with zero attached hydrogens (tertiary/aromatic N) is 4. The number of amides is 2. The van der Waals surface area contributed by atoms with E-state index in [4.69, 9.17) is 4.74 Å². The standard InChI is InChI=1S/C32H35FN6O4S.2ClH/c1-3-44(41,42)37-26-10-12-30(13-11-26)43-31-14-8-24(20-35-31)22-38-17-15-28(16-18-38)39(29-6-4-5-25(33)19-29)32(40)36-27-9-7-23(2)34-21-27;;/h4-14,19-21,28,37H,3,15-18,22H2,1-2H3,(H,36,40);2*1H. The second-order valence-electron chi connectivity index (χ2n) is 10.6. The van der Waals surface area contributed by atoms with E-state index >= 15 is 0 Å². The maximum Gasteiger partial charge on any atom is 0.326 e. The number of hydrogen-bond acceptors (Lipinski definition) is 7. The Morgan fingerprint density at radius 3 is 2.30 bits per heavy atom. The molecule has 0 bridgehead atoms. The Bertz CT molecular complexity index is 1670. The van der Waals surface area contributed by atoms with E-state index in [1.54, 1.807) is 72.7 Å². The smallest absolute Gasteiger partial charge is 0.326 e. The number of carbonyl (C=O) groups is 1. The number of aryl methyl sites for hydroxylation is 1. The number of anilines is 3. The van der Waals surface area contributed by atoms with Gasteiger partial charge in [-0.3, -0.25) is 19.5 Å². The molecular formula is C32H37Cl2FN6O4S. The number of rotatable bonds is 10. The number of hydrogen-bond donors (Lipinski definition) is 2. The van der Waals surface area contributed by atoms with Gasteiger partial charge in [-0.2, -0.15) is 0 Å². The largest absolute Gasteiger partial charge is 0.439 e. The summed E-state index contributed by atoms with van der Waals surface area (Å²) in [6.45, 7) is 5.65. The summed E-state index contributed by atoms with van der Waals surface area (Å²) in [7, 11) is -3.34. The highest BCUT2D eigenvalue weighted by Crippen LogP contribution is 2.27. The van der Waals surface area contributed by atoms with Crippen LogP contribution < -0.4 is 19.7 Å². The molecule has 5 rings (SSSR count).